The van der Waals surface area contributed by atoms with Crippen LogP contribution in [0.25, 0.3) is 0 Å². The Bertz CT molecular complexity index is 1140. The van der Waals surface area contributed by atoms with Gasteiger partial charge in [-0.3, -0.25) is 9.59 Å². The highest BCUT2D eigenvalue weighted by Gasteiger charge is 2.20. The van der Waals surface area contributed by atoms with Crippen LogP contribution in [0, 0.1) is 0 Å². The number of amides is 1. The van der Waals surface area contributed by atoms with Gasteiger partial charge in [0.05, 0.1) is 25.4 Å². The van der Waals surface area contributed by atoms with Gasteiger partial charge in [0.2, 0.25) is 5.91 Å². The molecule has 0 aromatic heterocycles. The number of unbranched alkanes of at least 4 members (excludes halogenated alkanes) is 53. The van der Waals surface area contributed by atoms with E-state index in [0.29, 0.717) is 25.9 Å². The molecule has 0 aromatic carbocycles. The van der Waals surface area contributed by atoms with Crippen molar-refractivity contribution < 1.29 is 24.5 Å². The highest BCUT2D eigenvalue weighted by molar-refractivity contribution is 5.76. The van der Waals surface area contributed by atoms with E-state index in [9.17, 15) is 19.8 Å². The van der Waals surface area contributed by atoms with Crippen LogP contribution >= 0.6 is 0 Å². The Labute approximate surface area is 476 Å². The molecule has 0 saturated carbocycles. The summed E-state index contributed by atoms with van der Waals surface area (Å²) in [6, 6.07) is -0.541. The van der Waals surface area contributed by atoms with Gasteiger partial charge in [-0.2, -0.15) is 0 Å². The number of carbonyl (C=O) groups is 2. The Morgan fingerprint density at radius 1 is 0.355 bits per heavy atom. The minimum absolute atomic E-state index is 0.00642. The maximum absolute atomic E-state index is 12.6. The van der Waals surface area contributed by atoms with Crippen molar-refractivity contribution >= 4 is 11.9 Å². The average molecular weight is 1070 g/mol. The summed E-state index contributed by atoms with van der Waals surface area (Å²) in [5.74, 6) is -0.0223. The van der Waals surface area contributed by atoms with E-state index in [-0.39, 0.29) is 18.5 Å². The summed E-state index contributed by atoms with van der Waals surface area (Å²) in [7, 11) is 0. The molecule has 0 aliphatic carbocycles. The van der Waals surface area contributed by atoms with Crippen LogP contribution in [0.4, 0.5) is 0 Å². The lowest BCUT2D eigenvalue weighted by molar-refractivity contribution is -0.143. The molecule has 0 fully saturated rings. The fourth-order valence-corrected chi connectivity index (χ4v) is 11.2. The molecule has 2 unspecified atom stereocenters. The van der Waals surface area contributed by atoms with Crippen LogP contribution in [0.1, 0.15) is 399 Å². The maximum atomic E-state index is 12.6. The SMILES string of the molecule is CCCCC/C=C\CCCCCCCC(=O)OCCCCCCCCCCCCCCCCCCCCCCCCCCC(=O)NC(CO)C(O)CCCCCCCCCCCCCCCCCCCCCCCCC. The fraction of sp³-hybridized carbons (Fsp3) is 0.943. The average Bonchev–Trinajstić information content (AvgIpc) is 3.42. The van der Waals surface area contributed by atoms with E-state index < -0.39 is 12.1 Å². The van der Waals surface area contributed by atoms with Crippen LogP contribution < -0.4 is 5.32 Å². The van der Waals surface area contributed by atoms with Gasteiger partial charge in [0.1, 0.15) is 0 Å². The molecule has 6 heteroatoms. The van der Waals surface area contributed by atoms with Crippen LogP contribution in [0.2, 0.25) is 0 Å². The van der Waals surface area contributed by atoms with Crippen molar-refractivity contribution in [1.29, 1.82) is 0 Å². The zero-order valence-corrected chi connectivity index (χ0v) is 51.8. The topological polar surface area (TPSA) is 95.9 Å². The molecule has 1 amide bonds. The lowest BCUT2D eigenvalue weighted by atomic mass is 10.0. The van der Waals surface area contributed by atoms with Crippen molar-refractivity contribution in [1.82, 2.24) is 5.32 Å². The normalized spacial score (nSPS) is 12.5. The number of aliphatic hydroxyl groups excluding tert-OH is 2. The third kappa shape index (κ3) is 61.8. The molecule has 2 atom stereocenters. The van der Waals surface area contributed by atoms with Crippen LogP contribution in [-0.4, -0.2) is 47.4 Å². The van der Waals surface area contributed by atoms with Crippen molar-refractivity contribution in [3.63, 3.8) is 0 Å². The molecule has 6 nitrogen and oxygen atoms in total. The van der Waals surface area contributed by atoms with Crippen molar-refractivity contribution in [2.75, 3.05) is 13.2 Å². The Kier molecular flexibility index (Phi) is 64.9. The van der Waals surface area contributed by atoms with Crippen LogP contribution in [0.5, 0.6) is 0 Å². The molecule has 0 saturated heterocycles. The number of allylic oxidation sites excluding steroid dienone is 2. The van der Waals surface area contributed by atoms with Gasteiger partial charge in [-0.1, -0.05) is 347 Å². The largest absolute Gasteiger partial charge is 0.466 e. The van der Waals surface area contributed by atoms with E-state index >= 15 is 0 Å². The highest BCUT2D eigenvalue weighted by atomic mass is 16.5. The number of hydrogen-bond donors (Lipinski definition) is 3. The molecule has 0 rings (SSSR count). The number of nitrogens with one attached hydrogen (secondary N) is 1. The van der Waals surface area contributed by atoms with Gasteiger partial charge in [0.15, 0.2) is 0 Å². The molecule has 452 valence electrons. The third-order valence-electron chi connectivity index (χ3n) is 16.6. The van der Waals surface area contributed by atoms with E-state index in [1.54, 1.807) is 0 Å². The smallest absolute Gasteiger partial charge is 0.305 e. The Balaban J connectivity index is 3.37. The van der Waals surface area contributed by atoms with Gasteiger partial charge >= 0.3 is 5.97 Å². The lowest BCUT2D eigenvalue weighted by Gasteiger charge is -2.22. The third-order valence-corrected chi connectivity index (χ3v) is 16.6. The number of ether oxygens (including phenoxy) is 1. The zero-order valence-electron chi connectivity index (χ0n) is 51.8. The fourth-order valence-electron chi connectivity index (χ4n) is 11.2. The number of hydrogen-bond acceptors (Lipinski definition) is 5. The summed E-state index contributed by atoms with van der Waals surface area (Å²) < 4.78 is 5.47. The first-order valence-corrected chi connectivity index (χ1v) is 34.9. The van der Waals surface area contributed by atoms with Crippen molar-refractivity contribution in [2.24, 2.45) is 0 Å². The van der Waals surface area contributed by atoms with Gasteiger partial charge in [0.25, 0.3) is 0 Å². The standard InChI is InChI=1S/C70H137NO5/c1-3-5-7-9-11-13-15-17-18-19-20-21-24-27-30-33-36-39-42-46-50-54-58-62-68(73)67(66-72)71-69(74)63-59-55-51-47-43-40-37-34-31-28-25-22-23-26-29-32-35-38-41-45-49-53-57-61-65-76-70(75)64-60-56-52-48-44-16-14-12-10-8-6-4-2/h12,14,67-68,72-73H,3-11,13,15-66H2,1-2H3,(H,71,74)/b14-12-. The summed E-state index contributed by atoms with van der Waals surface area (Å²) in [5, 5.41) is 23.4. The monoisotopic (exact) mass is 1070 g/mol. The Morgan fingerprint density at radius 2 is 0.618 bits per heavy atom. The molecule has 0 heterocycles. The Hall–Kier alpha value is -1.40. The molecular weight excluding hydrogens is 935 g/mol. The highest BCUT2D eigenvalue weighted by Crippen LogP contribution is 2.19. The molecule has 0 aliphatic rings. The number of carbonyl (C=O) groups excluding carboxylic acids is 2. The van der Waals surface area contributed by atoms with Crippen molar-refractivity contribution in [3.05, 3.63) is 12.2 Å². The van der Waals surface area contributed by atoms with E-state index in [1.165, 1.54) is 321 Å². The number of aliphatic hydroxyl groups is 2. The minimum Gasteiger partial charge on any atom is -0.466 e. The summed E-state index contributed by atoms with van der Waals surface area (Å²) in [5.41, 5.74) is 0. The summed E-state index contributed by atoms with van der Waals surface area (Å²) in [4.78, 5) is 24.6. The lowest BCUT2D eigenvalue weighted by Crippen LogP contribution is -2.45. The molecular formula is C70H137NO5. The quantitative estimate of drug-likeness (QED) is 0.0320. The summed E-state index contributed by atoms with van der Waals surface area (Å²) in [6.07, 6.45) is 81.1. The van der Waals surface area contributed by atoms with E-state index in [0.717, 1.165) is 44.9 Å². The predicted molar refractivity (Wildman–Crippen MR) is 333 cm³/mol. The second-order valence-corrected chi connectivity index (χ2v) is 24.2. The van der Waals surface area contributed by atoms with Gasteiger partial charge in [0, 0.05) is 12.8 Å². The zero-order chi connectivity index (χ0) is 55.0. The maximum Gasteiger partial charge on any atom is 0.305 e. The number of rotatable bonds is 66. The van der Waals surface area contributed by atoms with Gasteiger partial charge < -0.3 is 20.3 Å². The van der Waals surface area contributed by atoms with E-state index in [2.05, 4.69) is 31.3 Å². The summed E-state index contributed by atoms with van der Waals surface area (Å²) in [6.45, 7) is 4.97. The van der Waals surface area contributed by atoms with Gasteiger partial charge in [-0.05, 0) is 51.4 Å². The first kappa shape index (κ1) is 74.6. The minimum atomic E-state index is -0.664. The Morgan fingerprint density at radius 3 is 0.961 bits per heavy atom. The van der Waals surface area contributed by atoms with Gasteiger partial charge in [-0.25, -0.2) is 0 Å². The van der Waals surface area contributed by atoms with E-state index in [1.807, 2.05) is 0 Å². The molecule has 0 radical (unpaired) electrons. The van der Waals surface area contributed by atoms with Crippen molar-refractivity contribution in [3.8, 4) is 0 Å². The predicted octanol–water partition coefficient (Wildman–Crippen LogP) is 22.4. The second kappa shape index (κ2) is 66.1. The van der Waals surface area contributed by atoms with Crippen LogP contribution in [0.3, 0.4) is 0 Å². The second-order valence-electron chi connectivity index (χ2n) is 24.2. The van der Waals surface area contributed by atoms with Gasteiger partial charge in [-0.15, -0.1) is 0 Å². The first-order chi connectivity index (χ1) is 37.5. The number of esters is 1. The molecule has 0 bridgehead atoms. The van der Waals surface area contributed by atoms with Crippen LogP contribution in [-0.2, 0) is 14.3 Å². The first-order valence-electron chi connectivity index (χ1n) is 34.9. The molecule has 0 spiro atoms. The van der Waals surface area contributed by atoms with E-state index in [4.69, 9.17) is 4.74 Å². The molecule has 0 aromatic rings. The van der Waals surface area contributed by atoms with Crippen LogP contribution in [0.15, 0.2) is 12.2 Å². The molecule has 0 aliphatic heterocycles. The van der Waals surface area contributed by atoms with Crippen molar-refractivity contribution in [2.45, 2.75) is 411 Å². The molecule has 76 heavy (non-hydrogen) atoms. The summed E-state index contributed by atoms with van der Waals surface area (Å²) >= 11 is 0. The molecule has 3 N–H and O–H groups in total.